The van der Waals surface area contributed by atoms with Gasteiger partial charge < -0.3 is 20.0 Å². The Morgan fingerprint density at radius 1 is 1.30 bits per heavy atom. The Labute approximate surface area is 141 Å². The van der Waals surface area contributed by atoms with Crippen LogP contribution in [-0.4, -0.2) is 39.0 Å². The van der Waals surface area contributed by atoms with Crippen molar-refractivity contribution in [3.63, 3.8) is 0 Å². The highest BCUT2D eigenvalue weighted by Crippen LogP contribution is 2.39. The quantitative estimate of drug-likeness (QED) is 0.594. The number of aromatic nitrogens is 3. The molecule has 3 N–H and O–H groups in total. The van der Waals surface area contributed by atoms with Gasteiger partial charge in [0.25, 0.3) is 0 Å². The lowest BCUT2D eigenvalue weighted by Crippen LogP contribution is -2.41. The van der Waals surface area contributed by atoms with Gasteiger partial charge in [-0.15, -0.1) is 0 Å². The number of nitrogen functional groups attached to an aromatic ring is 1. The lowest BCUT2D eigenvalue weighted by atomic mass is 9.78. The van der Waals surface area contributed by atoms with Crippen LogP contribution in [0.2, 0.25) is 0 Å². The first-order valence-corrected chi connectivity index (χ1v) is 8.13. The number of hydrogen-bond donors (Lipinski definition) is 3. The van der Waals surface area contributed by atoms with Gasteiger partial charge in [0, 0.05) is 17.5 Å². The molecule has 0 amide bonds. The Bertz CT molecular complexity index is 756. The van der Waals surface area contributed by atoms with Crippen LogP contribution < -0.4 is 5.73 Å². The molecule has 0 radical (unpaired) electrons. The number of nitrogens with zero attached hydrogens (tertiary/aromatic N) is 2. The Kier molecular flexibility index (Phi) is 3.94. The summed E-state index contributed by atoms with van der Waals surface area (Å²) in [5, 5.41) is 0.795. The van der Waals surface area contributed by atoms with Crippen molar-refractivity contribution in [1.82, 2.24) is 15.0 Å². The molecule has 0 spiro atoms. The monoisotopic (exact) mass is 332 g/mol. The maximum Gasteiger partial charge on any atom is 0.491 e. The molecule has 8 heteroatoms. The van der Waals surface area contributed by atoms with Crippen LogP contribution in [0.1, 0.15) is 33.3 Å². The number of H-pyrrole nitrogens is 1. The SMILES string of the molecule is CC1(C)OB(C(=Cc2c[nH]c3ncnc(N)c23)CS)OC1(C)C. The van der Waals surface area contributed by atoms with E-state index in [1.807, 2.05) is 40.0 Å². The third-order valence-electron chi connectivity index (χ3n) is 4.61. The molecule has 0 saturated carbocycles. The van der Waals surface area contributed by atoms with Gasteiger partial charge >= 0.3 is 7.12 Å². The fourth-order valence-corrected chi connectivity index (χ4v) is 2.75. The summed E-state index contributed by atoms with van der Waals surface area (Å²) in [6.07, 6.45) is 5.27. The molecule has 2 aromatic heterocycles. The molecule has 0 bridgehead atoms. The van der Waals surface area contributed by atoms with Crippen LogP contribution in [-0.2, 0) is 9.31 Å². The molecule has 1 fully saturated rings. The van der Waals surface area contributed by atoms with Gasteiger partial charge in [-0.3, -0.25) is 0 Å². The Balaban J connectivity index is 2.00. The number of thiol groups is 1. The minimum Gasteiger partial charge on any atom is -0.400 e. The maximum absolute atomic E-state index is 6.10. The lowest BCUT2D eigenvalue weighted by Gasteiger charge is -2.32. The molecule has 1 aliphatic rings. The molecule has 1 saturated heterocycles. The summed E-state index contributed by atoms with van der Waals surface area (Å²) in [6.45, 7) is 8.11. The lowest BCUT2D eigenvalue weighted by molar-refractivity contribution is 0.00578. The molecule has 0 aromatic carbocycles. The number of anilines is 1. The van der Waals surface area contributed by atoms with Crippen molar-refractivity contribution in [1.29, 1.82) is 0 Å². The normalized spacial score (nSPS) is 20.4. The van der Waals surface area contributed by atoms with E-state index in [0.717, 1.165) is 16.4 Å². The first-order chi connectivity index (χ1) is 10.7. The zero-order chi connectivity index (χ0) is 16.8. The number of hydrogen-bond acceptors (Lipinski definition) is 6. The molecule has 6 nitrogen and oxygen atoms in total. The molecular formula is C15H21BN4O2S. The van der Waals surface area contributed by atoms with Crippen molar-refractivity contribution < 1.29 is 9.31 Å². The molecule has 2 aromatic rings. The standard InChI is InChI=1S/C15H21BN4O2S/c1-14(2)15(3,4)22-16(21-14)10(7-23)5-9-6-18-13-11(9)12(17)19-8-20-13/h5-6,8,23H,7H2,1-4H3,(H3,17,18,19,20). The zero-order valence-electron chi connectivity index (χ0n) is 13.8. The van der Waals surface area contributed by atoms with E-state index in [-0.39, 0.29) is 11.2 Å². The minimum atomic E-state index is -0.437. The van der Waals surface area contributed by atoms with Crippen LogP contribution in [0.4, 0.5) is 5.82 Å². The van der Waals surface area contributed by atoms with Crippen molar-refractivity contribution in [3.8, 4) is 0 Å². The van der Waals surface area contributed by atoms with Gasteiger partial charge in [-0.2, -0.15) is 12.6 Å². The van der Waals surface area contributed by atoms with Crippen molar-refractivity contribution in [2.45, 2.75) is 38.9 Å². The average molecular weight is 332 g/mol. The second-order valence-electron chi connectivity index (χ2n) is 6.69. The fraction of sp³-hybridized carbons (Fsp3) is 0.467. The predicted molar refractivity (Wildman–Crippen MR) is 96.2 cm³/mol. The first kappa shape index (κ1) is 16.4. The van der Waals surface area contributed by atoms with Crippen molar-refractivity contribution in [2.24, 2.45) is 0 Å². The second kappa shape index (κ2) is 5.54. The van der Waals surface area contributed by atoms with Gasteiger partial charge in [-0.1, -0.05) is 6.08 Å². The van der Waals surface area contributed by atoms with Gasteiger partial charge in [0.2, 0.25) is 0 Å². The summed E-state index contributed by atoms with van der Waals surface area (Å²) in [5.41, 5.74) is 7.73. The number of rotatable bonds is 3. The zero-order valence-corrected chi connectivity index (χ0v) is 14.6. The van der Waals surface area contributed by atoms with Gasteiger partial charge in [0.1, 0.15) is 17.8 Å². The summed E-state index contributed by atoms with van der Waals surface area (Å²) in [5.74, 6) is 0.951. The van der Waals surface area contributed by atoms with Gasteiger partial charge in [0.05, 0.1) is 16.6 Å². The summed E-state index contributed by atoms with van der Waals surface area (Å²) < 4.78 is 12.2. The maximum atomic E-state index is 6.10. The highest BCUT2D eigenvalue weighted by atomic mass is 32.1. The van der Waals surface area contributed by atoms with Gasteiger partial charge in [0.15, 0.2) is 0 Å². The van der Waals surface area contributed by atoms with Crippen LogP contribution in [0.15, 0.2) is 18.0 Å². The van der Waals surface area contributed by atoms with Crippen molar-refractivity contribution in [2.75, 3.05) is 11.5 Å². The van der Waals surface area contributed by atoms with E-state index in [2.05, 4.69) is 27.6 Å². The first-order valence-electron chi connectivity index (χ1n) is 7.50. The third-order valence-corrected chi connectivity index (χ3v) is 4.97. The largest absolute Gasteiger partial charge is 0.491 e. The molecule has 0 aliphatic carbocycles. The number of nitrogens with one attached hydrogen (secondary N) is 1. The second-order valence-corrected chi connectivity index (χ2v) is 7.01. The van der Waals surface area contributed by atoms with E-state index in [1.165, 1.54) is 6.33 Å². The van der Waals surface area contributed by atoms with Crippen LogP contribution in [0, 0.1) is 0 Å². The fourth-order valence-electron chi connectivity index (χ4n) is 2.51. The number of nitrogens with two attached hydrogens (primary N) is 1. The van der Waals surface area contributed by atoms with Gasteiger partial charge in [-0.25, -0.2) is 9.97 Å². The third kappa shape index (κ3) is 2.75. The molecule has 3 rings (SSSR count). The summed E-state index contributed by atoms with van der Waals surface area (Å²) in [7, 11) is -0.437. The topological polar surface area (TPSA) is 86.0 Å². The van der Waals surface area contributed by atoms with Crippen LogP contribution in [0.25, 0.3) is 17.1 Å². The molecule has 0 unspecified atom stereocenters. The summed E-state index contributed by atoms with van der Waals surface area (Å²) in [6, 6.07) is 0. The summed E-state index contributed by atoms with van der Waals surface area (Å²) >= 11 is 4.43. The highest BCUT2D eigenvalue weighted by Gasteiger charge is 2.52. The van der Waals surface area contributed by atoms with E-state index in [9.17, 15) is 0 Å². The molecule has 23 heavy (non-hydrogen) atoms. The van der Waals surface area contributed by atoms with Crippen LogP contribution in [0.5, 0.6) is 0 Å². The van der Waals surface area contributed by atoms with Crippen LogP contribution >= 0.6 is 12.6 Å². The average Bonchev–Trinajstić information content (AvgIpc) is 2.96. The van der Waals surface area contributed by atoms with Crippen LogP contribution in [0.3, 0.4) is 0 Å². The van der Waals surface area contributed by atoms with E-state index < -0.39 is 7.12 Å². The summed E-state index contributed by atoms with van der Waals surface area (Å²) in [4.78, 5) is 11.3. The predicted octanol–water partition coefficient (Wildman–Crippen LogP) is 2.48. The molecule has 3 heterocycles. The van der Waals surface area contributed by atoms with E-state index in [1.54, 1.807) is 0 Å². The molecule has 122 valence electrons. The minimum absolute atomic E-state index is 0.387. The van der Waals surface area contributed by atoms with E-state index >= 15 is 0 Å². The molecular weight excluding hydrogens is 311 g/mol. The Morgan fingerprint density at radius 2 is 1.96 bits per heavy atom. The molecule has 1 aliphatic heterocycles. The highest BCUT2D eigenvalue weighted by molar-refractivity contribution is 7.80. The molecule has 0 atom stereocenters. The number of fused-ring (bicyclic) bond motifs is 1. The van der Waals surface area contributed by atoms with E-state index in [0.29, 0.717) is 17.2 Å². The van der Waals surface area contributed by atoms with E-state index in [4.69, 9.17) is 15.0 Å². The Hall–Kier alpha value is -1.51. The smallest absolute Gasteiger partial charge is 0.400 e. The Morgan fingerprint density at radius 3 is 2.57 bits per heavy atom. The van der Waals surface area contributed by atoms with Gasteiger partial charge in [-0.05, 0) is 33.2 Å². The van der Waals surface area contributed by atoms with Crippen molar-refractivity contribution >= 4 is 42.7 Å². The van der Waals surface area contributed by atoms with Crippen molar-refractivity contribution in [3.05, 3.63) is 23.6 Å². The number of aromatic amines is 1.